The summed E-state index contributed by atoms with van der Waals surface area (Å²) in [5.41, 5.74) is 5.63. The van der Waals surface area contributed by atoms with Crippen LogP contribution in [0, 0.1) is 5.41 Å². The predicted octanol–water partition coefficient (Wildman–Crippen LogP) is 2.37. The van der Waals surface area contributed by atoms with E-state index in [1.807, 2.05) is 0 Å². The Morgan fingerprint density at radius 1 is 1.32 bits per heavy atom. The minimum atomic E-state index is -3.48. The average molecular weight is 404 g/mol. The quantitative estimate of drug-likeness (QED) is 0.799. The molecule has 0 atom stereocenters. The number of nitrogens with two attached hydrogens (primary N) is 1. The molecule has 3 N–H and O–H groups in total. The lowest BCUT2D eigenvalue weighted by atomic mass is 10.2. The molecule has 0 bridgehead atoms. The highest BCUT2D eigenvalue weighted by Crippen LogP contribution is 2.21. The average Bonchev–Trinajstić information content (AvgIpc) is 2.50. The number of carbonyl (C=O) groups excluding carboxylic acids is 1. The molecule has 136 valence electrons. The highest BCUT2D eigenvalue weighted by Gasteiger charge is 2.22. The molecule has 0 spiro atoms. The smallest absolute Gasteiger partial charge is 0.252 e. The van der Waals surface area contributed by atoms with Crippen molar-refractivity contribution in [2.24, 2.45) is 5.73 Å². The molecule has 1 amide bonds. The molecular weight excluding hydrogens is 385 g/mol. The first-order valence-electron chi connectivity index (χ1n) is 7.20. The molecule has 0 aliphatic rings. The summed E-state index contributed by atoms with van der Waals surface area (Å²) < 4.78 is 26.4. The fraction of sp³-hybridized carbons (Fsp3) is 0.250. The second kappa shape index (κ2) is 8.03. The fourth-order valence-corrected chi connectivity index (χ4v) is 3.77. The number of primary amides is 1. The SMILES string of the molecule is CC(C)S(=O)(=O)c1ccccc1Cn1cc(Cl)cc(C(N)=O)c1=N.Cl. The first-order valence-corrected chi connectivity index (χ1v) is 9.13. The van der Waals surface area contributed by atoms with E-state index in [0.29, 0.717) is 5.56 Å². The molecule has 0 radical (unpaired) electrons. The molecule has 25 heavy (non-hydrogen) atoms. The van der Waals surface area contributed by atoms with Crippen molar-refractivity contribution in [2.45, 2.75) is 30.5 Å². The third-order valence-electron chi connectivity index (χ3n) is 3.61. The number of pyridine rings is 1. The predicted molar refractivity (Wildman–Crippen MR) is 98.9 cm³/mol. The van der Waals surface area contributed by atoms with Crippen LogP contribution in [-0.4, -0.2) is 24.1 Å². The summed E-state index contributed by atoms with van der Waals surface area (Å²) in [5, 5.41) is 7.76. The van der Waals surface area contributed by atoms with E-state index in [9.17, 15) is 13.2 Å². The van der Waals surface area contributed by atoms with Gasteiger partial charge in [-0.1, -0.05) is 29.8 Å². The zero-order chi connectivity index (χ0) is 18.1. The van der Waals surface area contributed by atoms with E-state index >= 15 is 0 Å². The molecule has 0 saturated carbocycles. The minimum absolute atomic E-state index is 0. The number of nitrogens with one attached hydrogen (secondary N) is 1. The van der Waals surface area contributed by atoms with Crippen LogP contribution in [0.4, 0.5) is 0 Å². The third kappa shape index (κ3) is 4.42. The van der Waals surface area contributed by atoms with E-state index < -0.39 is 21.0 Å². The van der Waals surface area contributed by atoms with Gasteiger partial charge in [-0.25, -0.2) is 8.42 Å². The normalized spacial score (nSPS) is 11.2. The number of hydrogen-bond donors (Lipinski definition) is 2. The number of amides is 1. The Morgan fingerprint density at radius 2 is 1.92 bits per heavy atom. The lowest BCUT2D eigenvalue weighted by Crippen LogP contribution is -2.30. The van der Waals surface area contributed by atoms with Crippen molar-refractivity contribution in [3.8, 4) is 0 Å². The van der Waals surface area contributed by atoms with Crippen LogP contribution in [0.3, 0.4) is 0 Å². The highest BCUT2D eigenvalue weighted by molar-refractivity contribution is 7.92. The molecule has 1 aromatic carbocycles. The Bertz CT molecular complexity index is 953. The van der Waals surface area contributed by atoms with Crippen LogP contribution in [0.5, 0.6) is 0 Å². The second-order valence-electron chi connectivity index (χ2n) is 5.61. The minimum Gasteiger partial charge on any atom is -0.365 e. The van der Waals surface area contributed by atoms with Crippen LogP contribution in [-0.2, 0) is 16.4 Å². The molecule has 0 saturated heterocycles. The van der Waals surface area contributed by atoms with Crippen LogP contribution >= 0.6 is 24.0 Å². The first-order chi connectivity index (χ1) is 11.1. The monoisotopic (exact) mass is 403 g/mol. The number of aromatic nitrogens is 1. The number of nitrogens with zero attached hydrogens (tertiary/aromatic N) is 1. The van der Waals surface area contributed by atoms with Crippen molar-refractivity contribution in [1.82, 2.24) is 4.57 Å². The first kappa shape index (κ1) is 21.2. The summed E-state index contributed by atoms with van der Waals surface area (Å²) in [4.78, 5) is 11.6. The molecule has 0 fully saturated rings. The summed E-state index contributed by atoms with van der Waals surface area (Å²) in [7, 11) is -3.48. The van der Waals surface area contributed by atoms with Crippen LogP contribution in [0.15, 0.2) is 41.4 Å². The maximum Gasteiger partial charge on any atom is 0.252 e. The summed E-state index contributed by atoms with van der Waals surface area (Å²) in [6, 6.07) is 7.90. The van der Waals surface area contributed by atoms with Crippen LogP contribution in [0.25, 0.3) is 0 Å². The Balaban J connectivity index is 0.00000312. The molecule has 6 nitrogen and oxygen atoms in total. The van der Waals surface area contributed by atoms with E-state index in [4.69, 9.17) is 22.7 Å². The Kier molecular flexibility index (Phi) is 6.82. The molecule has 2 aromatic rings. The van der Waals surface area contributed by atoms with E-state index in [0.717, 1.165) is 0 Å². The van der Waals surface area contributed by atoms with Crippen molar-refractivity contribution < 1.29 is 13.2 Å². The number of rotatable bonds is 5. The zero-order valence-corrected chi connectivity index (χ0v) is 16.1. The maximum atomic E-state index is 12.5. The number of carbonyl (C=O) groups is 1. The van der Waals surface area contributed by atoms with Gasteiger partial charge >= 0.3 is 0 Å². The zero-order valence-electron chi connectivity index (χ0n) is 13.7. The number of halogens is 2. The molecule has 1 aromatic heterocycles. The molecular formula is C16H19Cl2N3O3S. The summed E-state index contributed by atoms with van der Waals surface area (Å²) >= 11 is 5.98. The van der Waals surface area contributed by atoms with Gasteiger partial charge in [-0.15, -0.1) is 12.4 Å². The molecule has 2 rings (SSSR count). The lowest BCUT2D eigenvalue weighted by molar-refractivity contribution is 0.0997. The molecule has 1 heterocycles. The Labute approximate surface area is 157 Å². The van der Waals surface area contributed by atoms with E-state index in [-0.39, 0.29) is 39.9 Å². The third-order valence-corrected chi connectivity index (χ3v) is 6.07. The molecule has 0 aliphatic carbocycles. The van der Waals surface area contributed by atoms with Gasteiger partial charge in [0, 0.05) is 6.20 Å². The highest BCUT2D eigenvalue weighted by atomic mass is 35.5. The lowest BCUT2D eigenvalue weighted by Gasteiger charge is -2.15. The number of sulfone groups is 1. The molecule has 0 unspecified atom stereocenters. The van der Waals surface area contributed by atoms with Crippen LogP contribution in [0.1, 0.15) is 29.8 Å². The van der Waals surface area contributed by atoms with E-state index in [2.05, 4.69) is 0 Å². The maximum absolute atomic E-state index is 12.5. The van der Waals surface area contributed by atoms with Crippen molar-refractivity contribution >= 4 is 39.8 Å². The van der Waals surface area contributed by atoms with Gasteiger partial charge in [-0.3, -0.25) is 10.2 Å². The standard InChI is InChI=1S/C16H18ClN3O3S.ClH/c1-10(2)24(22,23)14-6-4-3-5-11(14)8-20-9-12(17)7-13(15(20)18)16(19)21;/h3-7,9-10,18H,8H2,1-2H3,(H2,19,21);1H. The largest absolute Gasteiger partial charge is 0.365 e. The van der Waals surface area contributed by atoms with Crippen LogP contribution < -0.4 is 11.2 Å². The summed E-state index contributed by atoms with van der Waals surface area (Å²) in [6.07, 6.45) is 1.47. The molecule has 0 aliphatic heterocycles. The van der Waals surface area contributed by atoms with Crippen molar-refractivity contribution in [1.29, 1.82) is 5.41 Å². The van der Waals surface area contributed by atoms with Crippen molar-refractivity contribution in [3.63, 3.8) is 0 Å². The van der Waals surface area contributed by atoms with Gasteiger partial charge in [-0.2, -0.15) is 0 Å². The van der Waals surface area contributed by atoms with Gasteiger partial charge in [0.2, 0.25) is 0 Å². The van der Waals surface area contributed by atoms with Crippen molar-refractivity contribution in [2.75, 3.05) is 0 Å². The van der Waals surface area contributed by atoms with Gasteiger partial charge in [0.15, 0.2) is 9.84 Å². The van der Waals surface area contributed by atoms with Gasteiger partial charge in [-0.05, 0) is 31.5 Å². The Morgan fingerprint density at radius 3 is 2.48 bits per heavy atom. The van der Waals surface area contributed by atoms with Gasteiger partial charge in [0.05, 0.1) is 27.3 Å². The Hall–Kier alpha value is -1.83. The molecule has 9 heteroatoms. The van der Waals surface area contributed by atoms with Gasteiger partial charge < -0.3 is 10.3 Å². The van der Waals surface area contributed by atoms with E-state index in [1.165, 1.54) is 22.9 Å². The number of hydrogen-bond acceptors (Lipinski definition) is 4. The second-order valence-corrected chi connectivity index (χ2v) is 8.52. The number of benzene rings is 1. The van der Waals surface area contributed by atoms with Crippen molar-refractivity contribution in [3.05, 3.63) is 58.2 Å². The summed E-state index contributed by atoms with van der Waals surface area (Å²) in [5.74, 6) is -0.765. The van der Waals surface area contributed by atoms with Gasteiger partial charge in [0.1, 0.15) is 5.49 Å². The summed E-state index contributed by atoms with van der Waals surface area (Å²) in [6.45, 7) is 3.31. The van der Waals surface area contributed by atoms with Gasteiger partial charge in [0.25, 0.3) is 5.91 Å². The topological polar surface area (TPSA) is 106 Å². The van der Waals surface area contributed by atoms with Crippen LogP contribution in [0.2, 0.25) is 5.02 Å². The van der Waals surface area contributed by atoms with E-state index in [1.54, 1.807) is 32.0 Å². The fourth-order valence-electron chi connectivity index (χ4n) is 2.27.